The number of hydrogen-bond acceptors (Lipinski definition) is 4. The van der Waals surface area contributed by atoms with E-state index in [1.807, 2.05) is 0 Å². The van der Waals surface area contributed by atoms with E-state index in [-0.39, 0.29) is 5.91 Å². The van der Waals surface area contributed by atoms with E-state index in [9.17, 15) is 14.7 Å². The Labute approximate surface area is 124 Å². The van der Waals surface area contributed by atoms with Crippen LogP contribution in [0.15, 0.2) is 0 Å². The predicted molar refractivity (Wildman–Crippen MR) is 74.3 cm³/mol. The van der Waals surface area contributed by atoms with Gasteiger partial charge in [-0.25, -0.2) is 4.79 Å². The van der Waals surface area contributed by atoms with Crippen molar-refractivity contribution in [1.29, 1.82) is 0 Å². The molecule has 0 spiro atoms. The Balaban J connectivity index is 2.19. The van der Waals surface area contributed by atoms with Crippen LogP contribution in [0.4, 0.5) is 0 Å². The van der Waals surface area contributed by atoms with Gasteiger partial charge in [0.25, 0.3) is 0 Å². The third kappa shape index (κ3) is 1.94. The number of aliphatic hydroxyl groups is 1. The molecule has 20 heavy (non-hydrogen) atoms. The zero-order valence-corrected chi connectivity index (χ0v) is 12.7. The normalized spacial score (nSPS) is 36.9. The fourth-order valence-corrected chi connectivity index (χ4v) is 3.65. The summed E-state index contributed by atoms with van der Waals surface area (Å²) in [6.07, 6.45) is 2.83. The van der Waals surface area contributed by atoms with Crippen molar-refractivity contribution in [3.63, 3.8) is 0 Å². The van der Waals surface area contributed by atoms with Crippen molar-refractivity contribution in [1.82, 2.24) is 5.32 Å². The number of carbonyl (C=O) groups excluding carboxylic acids is 2. The number of amides is 1. The van der Waals surface area contributed by atoms with Gasteiger partial charge in [-0.3, -0.25) is 4.79 Å². The van der Waals surface area contributed by atoms with Gasteiger partial charge in [0, 0.05) is 5.88 Å². The lowest BCUT2D eigenvalue weighted by molar-refractivity contribution is -0.235. The number of halogens is 1. The molecule has 0 radical (unpaired) electrons. The molecule has 114 valence electrons. The number of aliphatic hydroxyl groups excluding tert-OH is 1. The lowest BCUT2D eigenvalue weighted by Gasteiger charge is -2.53. The molecule has 2 rings (SSSR count). The number of alkyl halides is 1. The van der Waals surface area contributed by atoms with Crippen LogP contribution in [0.5, 0.6) is 0 Å². The lowest BCUT2D eigenvalue weighted by atomic mass is 9.67. The monoisotopic (exact) mass is 303 g/mol. The van der Waals surface area contributed by atoms with E-state index in [0.717, 1.165) is 19.3 Å². The summed E-state index contributed by atoms with van der Waals surface area (Å²) < 4.78 is 5.28. The second-order valence-corrected chi connectivity index (χ2v) is 6.21. The number of nitrogens with one attached hydrogen (secondary N) is 1. The predicted octanol–water partition coefficient (Wildman–Crippen LogP) is 1.36. The maximum Gasteiger partial charge on any atom is 0.339 e. The molecule has 0 aromatic heterocycles. The van der Waals surface area contributed by atoms with Gasteiger partial charge in [0.05, 0.1) is 12.0 Å². The molecule has 0 bridgehead atoms. The van der Waals surface area contributed by atoms with Crippen LogP contribution < -0.4 is 5.32 Å². The van der Waals surface area contributed by atoms with Gasteiger partial charge in [-0.15, -0.1) is 11.6 Å². The first-order valence-corrected chi connectivity index (χ1v) is 7.77. The number of hydrogen-bond donors (Lipinski definition) is 2. The molecule has 2 aliphatic heterocycles. The van der Waals surface area contributed by atoms with E-state index in [1.165, 1.54) is 0 Å². The Hall–Kier alpha value is -0.810. The van der Waals surface area contributed by atoms with E-state index < -0.39 is 29.1 Å². The average Bonchev–Trinajstić information content (AvgIpc) is 2.57. The van der Waals surface area contributed by atoms with E-state index in [2.05, 4.69) is 12.2 Å². The van der Waals surface area contributed by atoms with Crippen LogP contribution in [-0.4, -0.2) is 40.1 Å². The molecular weight excluding hydrogens is 282 g/mol. The van der Waals surface area contributed by atoms with Crippen molar-refractivity contribution in [2.75, 3.05) is 5.88 Å². The molecule has 0 aromatic carbocycles. The number of rotatable bonds is 7. The Morgan fingerprint density at radius 3 is 2.70 bits per heavy atom. The number of esters is 1. The molecule has 2 fully saturated rings. The van der Waals surface area contributed by atoms with Gasteiger partial charge in [0.1, 0.15) is 0 Å². The fourth-order valence-electron chi connectivity index (χ4n) is 3.43. The van der Waals surface area contributed by atoms with Crippen LogP contribution >= 0.6 is 11.6 Å². The molecule has 0 unspecified atom stereocenters. The zero-order valence-electron chi connectivity index (χ0n) is 11.9. The molecule has 2 aliphatic rings. The molecule has 2 saturated heterocycles. The molecule has 0 aromatic rings. The molecule has 0 saturated carbocycles. The molecule has 5 nitrogen and oxygen atoms in total. The first kappa shape index (κ1) is 15.6. The summed E-state index contributed by atoms with van der Waals surface area (Å²) in [7, 11) is 0. The first-order chi connectivity index (χ1) is 9.44. The van der Waals surface area contributed by atoms with Crippen LogP contribution in [0, 0.1) is 5.92 Å². The van der Waals surface area contributed by atoms with Gasteiger partial charge >= 0.3 is 5.97 Å². The summed E-state index contributed by atoms with van der Waals surface area (Å²) >= 11 is 5.73. The minimum atomic E-state index is -1.28. The molecular formula is C14H22ClNO4. The van der Waals surface area contributed by atoms with Crippen LogP contribution in [0.2, 0.25) is 0 Å². The highest BCUT2D eigenvalue weighted by Crippen LogP contribution is 2.52. The number of fused-ring (bicyclic) bond motifs is 1. The van der Waals surface area contributed by atoms with Crippen LogP contribution in [0.1, 0.15) is 46.0 Å². The SMILES string of the molecule is CCCCC[C@H](O)[C@@]12NC(=O)[C@@H](CCCl)[C@]1(C)OC2=O. The summed E-state index contributed by atoms with van der Waals surface area (Å²) in [5.74, 6) is -0.964. The van der Waals surface area contributed by atoms with E-state index >= 15 is 0 Å². The van der Waals surface area contributed by atoms with Gasteiger partial charge < -0.3 is 15.2 Å². The number of carbonyl (C=O) groups is 2. The molecule has 4 atom stereocenters. The van der Waals surface area contributed by atoms with Crippen LogP contribution in [0.3, 0.4) is 0 Å². The highest BCUT2D eigenvalue weighted by molar-refractivity contribution is 6.18. The lowest BCUT2D eigenvalue weighted by Crippen LogP contribution is -2.79. The molecule has 1 amide bonds. The maximum absolute atomic E-state index is 12.1. The third-order valence-corrected chi connectivity index (χ3v) is 4.91. The van der Waals surface area contributed by atoms with E-state index in [1.54, 1.807) is 6.92 Å². The number of ether oxygens (including phenoxy) is 1. The van der Waals surface area contributed by atoms with Crippen molar-refractivity contribution in [2.24, 2.45) is 5.92 Å². The Morgan fingerprint density at radius 2 is 2.15 bits per heavy atom. The first-order valence-electron chi connectivity index (χ1n) is 7.23. The van der Waals surface area contributed by atoms with Gasteiger partial charge in [-0.05, 0) is 19.8 Å². The van der Waals surface area contributed by atoms with Crippen molar-refractivity contribution < 1.29 is 19.4 Å². The molecule has 2 N–H and O–H groups in total. The standard InChI is InChI=1S/C14H22ClNO4/c1-3-4-5-6-10(17)14-12(19)20-13(14,2)9(7-8-15)11(18)16-14/h9-10,17H,3-8H2,1-2H3,(H,16,18)/t9-,10+,13+,14+/m1/s1. The molecule has 2 heterocycles. The smallest absolute Gasteiger partial charge is 0.339 e. The summed E-state index contributed by atoms with van der Waals surface area (Å²) in [6.45, 7) is 3.78. The largest absolute Gasteiger partial charge is 0.453 e. The zero-order chi connectivity index (χ0) is 15.0. The van der Waals surface area contributed by atoms with E-state index in [0.29, 0.717) is 18.7 Å². The van der Waals surface area contributed by atoms with Gasteiger partial charge in [0.2, 0.25) is 11.4 Å². The summed E-state index contributed by atoms with van der Waals surface area (Å²) in [6, 6.07) is 0. The maximum atomic E-state index is 12.1. The summed E-state index contributed by atoms with van der Waals surface area (Å²) in [5, 5.41) is 13.1. The fraction of sp³-hybridized carbons (Fsp3) is 0.857. The Morgan fingerprint density at radius 1 is 1.45 bits per heavy atom. The topological polar surface area (TPSA) is 75.6 Å². The molecule has 6 heteroatoms. The van der Waals surface area contributed by atoms with Gasteiger partial charge in [0.15, 0.2) is 5.60 Å². The minimum absolute atomic E-state index is 0.256. The van der Waals surface area contributed by atoms with Gasteiger partial charge in [-0.2, -0.15) is 0 Å². The average molecular weight is 304 g/mol. The van der Waals surface area contributed by atoms with Gasteiger partial charge in [-0.1, -0.05) is 26.2 Å². The van der Waals surface area contributed by atoms with E-state index in [4.69, 9.17) is 16.3 Å². The van der Waals surface area contributed by atoms with Crippen molar-refractivity contribution in [2.45, 2.75) is 63.2 Å². The van der Waals surface area contributed by atoms with Crippen LogP contribution in [-0.2, 0) is 14.3 Å². The van der Waals surface area contributed by atoms with Crippen molar-refractivity contribution in [3.05, 3.63) is 0 Å². The summed E-state index contributed by atoms with van der Waals surface area (Å²) in [4.78, 5) is 24.1. The Bertz CT molecular complexity index is 416. The highest BCUT2D eigenvalue weighted by atomic mass is 35.5. The van der Waals surface area contributed by atoms with Crippen molar-refractivity contribution >= 4 is 23.5 Å². The number of unbranched alkanes of at least 4 members (excludes halogenated alkanes) is 2. The Kier molecular flexibility index (Phi) is 4.30. The summed E-state index contributed by atoms with van der Waals surface area (Å²) in [5.41, 5.74) is -2.27. The third-order valence-electron chi connectivity index (χ3n) is 4.69. The highest BCUT2D eigenvalue weighted by Gasteiger charge is 2.78. The van der Waals surface area contributed by atoms with Crippen LogP contribution in [0.25, 0.3) is 0 Å². The second kappa shape index (κ2) is 5.53. The van der Waals surface area contributed by atoms with Crippen molar-refractivity contribution in [3.8, 4) is 0 Å². The quantitative estimate of drug-likeness (QED) is 0.423. The minimum Gasteiger partial charge on any atom is -0.453 e. The second-order valence-electron chi connectivity index (χ2n) is 5.84. The molecule has 0 aliphatic carbocycles.